The maximum Gasteiger partial charge on any atom is 2.00 e. The summed E-state index contributed by atoms with van der Waals surface area (Å²) in [5.41, 5.74) is 0. The first-order valence-corrected chi connectivity index (χ1v) is 5.73. The van der Waals surface area contributed by atoms with Crippen molar-refractivity contribution in [3.8, 4) is 12.1 Å². The molecule has 0 amide bonds. The van der Waals surface area contributed by atoms with Crippen LogP contribution in [0.15, 0.2) is 0 Å². The van der Waals surface area contributed by atoms with Gasteiger partial charge >= 0.3 is 17.1 Å². The van der Waals surface area contributed by atoms with Crippen LogP contribution in [-0.2, 0) is 46.2 Å². The standard InChI is InChI=1S/2C2H3NO4S.Cu/c2*3-1-2-7-8(4,5)6;/h2*2H2,(H,4,5,6);/q;;+2/p-2. The Hall–Kier alpha value is -0.761. The van der Waals surface area contributed by atoms with Crippen LogP contribution in [-0.4, -0.2) is 39.2 Å². The SMILES string of the molecule is N#CCOS(=O)(=O)[O-].N#CCOS(=O)(=O)[O-].[Cu+2]. The molecule has 0 aliphatic heterocycles. The Kier molecular flexibility index (Phi) is 13.2. The molecule has 0 N–H and O–H groups in total. The number of rotatable bonds is 4. The monoisotopic (exact) mass is 335 g/mol. The van der Waals surface area contributed by atoms with Crippen molar-refractivity contribution in [3.63, 3.8) is 0 Å². The van der Waals surface area contributed by atoms with Crippen molar-refractivity contribution < 1.29 is 51.4 Å². The second kappa shape index (κ2) is 10.4. The molecule has 17 heavy (non-hydrogen) atoms. The van der Waals surface area contributed by atoms with Crippen LogP contribution < -0.4 is 0 Å². The Labute approximate surface area is 108 Å². The van der Waals surface area contributed by atoms with E-state index < -0.39 is 34.0 Å². The van der Waals surface area contributed by atoms with Gasteiger partial charge in [0.2, 0.25) is 20.8 Å². The molecule has 13 heteroatoms. The molecule has 101 valence electrons. The van der Waals surface area contributed by atoms with Crippen molar-refractivity contribution in [2.24, 2.45) is 0 Å². The fraction of sp³-hybridized carbons (Fsp3) is 0.500. The fourth-order valence-electron chi connectivity index (χ4n) is 0.197. The van der Waals surface area contributed by atoms with Gasteiger partial charge in [-0.15, -0.1) is 0 Å². The van der Waals surface area contributed by atoms with E-state index in [-0.39, 0.29) is 17.1 Å². The minimum atomic E-state index is -4.66. The predicted octanol–water partition coefficient (Wildman–Crippen LogP) is -2.03. The molecule has 0 unspecified atom stereocenters. The quantitative estimate of drug-likeness (QED) is 0.315. The van der Waals surface area contributed by atoms with Gasteiger partial charge < -0.3 is 9.11 Å². The molecular formula is C4H4CuN2O8S2. The zero-order valence-electron chi connectivity index (χ0n) is 7.69. The van der Waals surface area contributed by atoms with Crippen LogP contribution in [0, 0.1) is 22.7 Å². The molecule has 0 spiro atoms. The predicted molar refractivity (Wildman–Crippen MR) is 42.5 cm³/mol. The molecule has 0 rings (SSSR count). The van der Waals surface area contributed by atoms with Gasteiger partial charge in [0.15, 0.2) is 13.2 Å². The van der Waals surface area contributed by atoms with E-state index in [2.05, 4.69) is 8.37 Å². The van der Waals surface area contributed by atoms with E-state index in [1.807, 2.05) is 0 Å². The van der Waals surface area contributed by atoms with E-state index in [1.54, 1.807) is 0 Å². The van der Waals surface area contributed by atoms with Crippen LogP contribution in [0.2, 0.25) is 0 Å². The molecule has 0 bridgehead atoms. The van der Waals surface area contributed by atoms with Gasteiger partial charge in [-0.3, -0.25) is 8.37 Å². The summed E-state index contributed by atoms with van der Waals surface area (Å²) in [7, 11) is -9.32. The van der Waals surface area contributed by atoms with Crippen molar-refractivity contribution >= 4 is 20.8 Å². The van der Waals surface area contributed by atoms with Crippen LogP contribution in [0.5, 0.6) is 0 Å². The van der Waals surface area contributed by atoms with Crippen molar-refractivity contribution in [2.45, 2.75) is 0 Å². The third kappa shape index (κ3) is 31.3. The maximum absolute atomic E-state index is 9.46. The second-order valence-electron chi connectivity index (χ2n) is 1.66. The molecule has 0 atom stereocenters. The van der Waals surface area contributed by atoms with Gasteiger partial charge in [-0.2, -0.15) is 10.5 Å². The summed E-state index contributed by atoms with van der Waals surface area (Å²) in [5, 5.41) is 15.3. The normalized spacial score (nSPS) is 9.88. The van der Waals surface area contributed by atoms with E-state index in [4.69, 9.17) is 10.5 Å². The summed E-state index contributed by atoms with van der Waals surface area (Å²) < 4.78 is 63.6. The van der Waals surface area contributed by atoms with E-state index >= 15 is 0 Å². The van der Waals surface area contributed by atoms with Crippen molar-refractivity contribution in [1.82, 2.24) is 0 Å². The molecule has 0 aromatic carbocycles. The van der Waals surface area contributed by atoms with E-state index in [0.29, 0.717) is 0 Å². The largest absolute Gasteiger partial charge is 2.00 e. The van der Waals surface area contributed by atoms with Gasteiger partial charge in [0, 0.05) is 0 Å². The Morgan fingerprint density at radius 2 is 1.12 bits per heavy atom. The Balaban J connectivity index is -0.000000218. The molecule has 0 heterocycles. The fourth-order valence-corrected chi connectivity index (χ4v) is 0.591. The van der Waals surface area contributed by atoms with Crippen molar-refractivity contribution in [3.05, 3.63) is 0 Å². The third-order valence-corrected chi connectivity index (χ3v) is 1.35. The van der Waals surface area contributed by atoms with Crippen LogP contribution in [0.25, 0.3) is 0 Å². The minimum absolute atomic E-state index is 0. The van der Waals surface area contributed by atoms with Crippen LogP contribution >= 0.6 is 0 Å². The number of nitriles is 2. The molecule has 0 aromatic rings. The third-order valence-electron chi connectivity index (χ3n) is 0.536. The molecule has 0 aliphatic rings. The summed E-state index contributed by atoms with van der Waals surface area (Å²) in [6, 6.07) is 2.65. The van der Waals surface area contributed by atoms with Gasteiger partial charge in [-0.1, -0.05) is 0 Å². The van der Waals surface area contributed by atoms with Crippen LogP contribution in [0.1, 0.15) is 0 Å². The van der Waals surface area contributed by atoms with Gasteiger partial charge in [-0.25, -0.2) is 16.8 Å². The first-order chi connectivity index (χ1) is 7.12. The average Bonchev–Trinajstić information content (AvgIpc) is 2.10. The van der Waals surface area contributed by atoms with E-state index in [1.165, 1.54) is 12.1 Å². The summed E-state index contributed by atoms with van der Waals surface area (Å²) in [4.78, 5) is 0. The topological polar surface area (TPSA) is 180 Å². The minimum Gasteiger partial charge on any atom is -0.725 e. The van der Waals surface area contributed by atoms with Crippen LogP contribution in [0.3, 0.4) is 0 Å². The summed E-state index contributed by atoms with van der Waals surface area (Å²) in [6.07, 6.45) is 0. The Morgan fingerprint density at radius 3 is 1.18 bits per heavy atom. The Morgan fingerprint density at radius 1 is 0.882 bits per heavy atom. The molecule has 0 aromatic heterocycles. The summed E-state index contributed by atoms with van der Waals surface area (Å²) >= 11 is 0. The van der Waals surface area contributed by atoms with E-state index in [9.17, 15) is 25.9 Å². The number of hydrogen-bond donors (Lipinski definition) is 0. The van der Waals surface area contributed by atoms with Crippen LogP contribution in [0.4, 0.5) is 0 Å². The summed E-state index contributed by atoms with van der Waals surface area (Å²) in [5.74, 6) is 0. The molecule has 0 saturated carbocycles. The molecule has 1 radical (unpaired) electrons. The first kappa shape index (κ1) is 21.5. The number of hydrogen-bond acceptors (Lipinski definition) is 10. The molecule has 10 nitrogen and oxygen atoms in total. The van der Waals surface area contributed by atoms with Gasteiger partial charge in [-0.05, 0) is 0 Å². The molecule has 0 saturated heterocycles. The first-order valence-electron chi connectivity index (χ1n) is 3.07. The second-order valence-corrected chi connectivity index (χ2v) is 3.76. The zero-order valence-corrected chi connectivity index (χ0v) is 10.3. The molecule has 0 fully saturated rings. The van der Waals surface area contributed by atoms with Gasteiger partial charge in [0.25, 0.3) is 0 Å². The number of nitrogens with zero attached hydrogens (tertiary/aromatic N) is 2. The van der Waals surface area contributed by atoms with Crippen molar-refractivity contribution in [1.29, 1.82) is 10.5 Å². The maximum atomic E-state index is 9.46. The molecule has 0 aliphatic carbocycles. The molecular weight excluding hydrogens is 332 g/mol. The Bertz CT molecular complexity index is 425. The smallest absolute Gasteiger partial charge is 0.725 e. The summed E-state index contributed by atoms with van der Waals surface area (Å²) in [6.45, 7) is -1.43. The zero-order chi connectivity index (χ0) is 13.2. The van der Waals surface area contributed by atoms with Gasteiger partial charge in [0.1, 0.15) is 0 Å². The van der Waals surface area contributed by atoms with Crippen molar-refractivity contribution in [2.75, 3.05) is 13.2 Å². The average molecular weight is 336 g/mol. The van der Waals surface area contributed by atoms with E-state index in [0.717, 1.165) is 0 Å². The van der Waals surface area contributed by atoms with Gasteiger partial charge in [0.05, 0.1) is 12.1 Å².